The van der Waals surface area contributed by atoms with E-state index in [9.17, 15) is 15.0 Å². The summed E-state index contributed by atoms with van der Waals surface area (Å²) in [6, 6.07) is 10.2. The number of phenolic OH excluding ortho intramolecular Hbond substituents is 2. The largest absolute Gasteiger partial charge is 0.508 e. The van der Waals surface area contributed by atoms with Crippen LogP contribution < -0.4 is 9.47 Å². The fraction of sp³-hybridized carbons (Fsp3) is 0.190. The van der Waals surface area contributed by atoms with Gasteiger partial charge in [-0.1, -0.05) is 30.4 Å². The molecule has 0 aliphatic heterocycles. The molecule has 0 aromatic heterocycles. The number of benzene rings is 2. The fourth-order valence-corrected chi connectivity index (χ4v) is 2.35. The second-order valence-corrected chi connectivity index (χ2v) is 5.63. The van der Waals surface area contributed by atoms with Gasteiger partial charge in [-0.2, -0.15) is 0 Å². The summed E-state index contributed by atoms with van der Waals surface area (Å²) in [6.45, 7) is 0. The van der Waals surface area contributed by atoms with Crippen LogP contribution in [0.5, 0.6) is 23.0 Å². The molecule has 0 spiro atoms. The lowest BCUT2D eigenvalue weighted by Crippen LogP contribution is -1.95. The van der Waals surface area contributed by atoms with E-state index in [1.54, 1.807) is 54.6 Å². The maximum Gasteiger partial charge on any atom is 0.200 e. The number of hydrogen-bond donors (Lipinski definition) is 2. The average molecular weight is 354 g/mol. The summed E-state index contributed by atoms with van der Waals surface area (Å²) in [7, 11) is 2.93. The Kier molecular flexibility index (Phi) is 6.85. The Morgan fingerprint density at radius 1 is 1.00 bits per heavy atom. The van der Waals surface area contributed by atoms with Gasteiger partial charge < -0.3 is 19.7 Å². The minimum atomic E-state index is -0.0490. The van der Waals surface area contributed by atoms with Crippen molar-refractivity contribution in [1.29, 1.82) is 0 Å². The summed E-state index contributed by atoms with van der Waals surface area (Å²) < 4.78 is 10.2. The minimum Gasteiger partial charge on any atom is -0.508 e. The van der Waals surface area contributed by atoms with E-state index in [0.29, 0.717) is 24.3 Å². The highest BCUT2D eigenvalue weighted by atomic mass is 16.5. The molecule has 0 aliphatic rings. The van der Waals surface area contributed by atoms with Crippen LogP contribution >= 0.6 is 0 Å². The van der Waals surface area contributed by atoms with Gasteiger partial charge in [0.05, 0.1) is 14.2 Å². The topological polar surface area (TPSA) is 76.0 Å². The lowest BCUT2D eigenvalue weighted by molar-refractivity contribution is -0.114. The standard InChI is InChI=1S/C21H22O5/c1-25-19-13-16(14-20(26-2)21(19)24)5-3-4-6-17(22)10-7-15-8-11-18(23)12-9-15/h3-6,8-9,11-14,23-24H,7,10H2,1-2H3. The molecule has 0 fully saturated rings. The number of aromatic hydroxyl groups is 2. The first-order valence-corrected chi connectivity index (χ1v) is 8.14. The molecular weight excluding hydrogens is 332 g/mol. The van der Waals surface area contributed by atoms with Gasteiger partial charge in [-0.15, -0.1) is 0 Å². The molecule has 2 rings (SSSR count). The van der Waals surface area contributed by atoms with Crippen molar-refractivity contribution in [3.05, 3.63) is 65.8 Å². The molecule has 0 atom stereocenters. The van der Waals surface area contributed by atoms with Gasteiger partial charge in [0.25, 0.3) is 0 Å². The summed E-state index contributed by atoms with van der Waals surface area (Å²) >= 11 is 0. The Morgan fingerprint density at radius 3 is 2.19 bits per heavy atom. The van der Waals surface area contributed by atoms with Crippen molar-refractivity contribution in [2.24, 2.45) is 0 Å². The second kappa shape index (κ2) is 9.32. The van der Waals surface area contributed by atoms with E-state index in [2.05, 4.69) is 0 Å². The quantitative estimate of drug-likeness (QED) is 0.556. The van der Waals surface area contributed by atoms with E-state index in [4.69, 9.17) is 9.47 Å². The number of ketones is 1. The summed E-state index contributed by atoms with van der Waals surface area (Å²) in [4.78, 5) is 11.9. The predicted octanol–water partition coefficient (Wildman–Crippen LogP) is 3.89. The molecule has 0 bridgehead atoms. The van der Waals surface area contributed by atoms with Gasteiger partial charge in [-0.25, -0.2) is 0 Å². The molecule has 2 aromatic rings. The van der Waals surface area contributed by atoms with Crippen LogP contribution in [0.25, 0.3) is 6.08 Å². The van der Waals surface area contributed by atoms with Crippen LogP contribution in [0.15, 0.2) is 54.6 Å². The number of allylic oxidation sites excluding steroid dienone is 3. The van der Waals surface area contributed by atoms with Crippen molar-refractivity contribution in [3.8, 4) is 23.0 Å². The van der Waals surface area contributed by atoms with Crippen LogP contribution in [-0.2, 0) is 11.2 Å². The van der Waals surface area contributed by atoms with Crippen molar-refractivity contribution < 1.29 is 24.5 Å². The smallest absolute Gasteiger partial charge is 0.200 e. The van der Waals surface area contributed by atoms with Gasteiger partial charge in [0.15, 0.2) is 17.3 Å². The number of methoxy groups -OCH3 is 2. The van der Waals surface area contributed by atoms with E-state index in [0.717, 1.165) is 11.1 Å². The van der Waals surface area contributed by atoms with Crippen molar-refractivity contribution in [3.63, 3.8) is 0 Å². The van der Waals surface area contributed by atoms with Gasteiger partial charge in [-0.3, -0.25) is 4.79 Å². The highest BCUT2D eigenvalue weighted by Crippen LogP contribution is 2.37. The molecule has 0 aliphatic carbocycles. The summed E-state index contributed by atoms with van der Waals surface area (Å²) in [6.07, 6.45) is 7.74. The van der Waals surface area contributed by atoms with Gasteiger partial charge in [0.1, 0.15) is 5.75 Å². The predicted molar refractivity (Wildman–Crippen MR) is 101 cm³/mol. The normalized spacial score (nSPS) is 11.2. The van der Waals surface area contributed by atoms with Crippen molar-refractivity contribution in [2.75, 3.05) is 14.2 Å². The van der Waals surface area contributed by atoms with Gasteiger partial charge >= 0.3 is 0 Å². The summed E-state index contributed by atoms with van der Waals surface area (Å²) in [5, 5.41) is 19.1. The molecule has 0 heterocycles. The number of carbonyl (C=O) groups excluding carboxylic acids is 1. The highest BCUT2D eigenvalue weighted by Gasteiger charge is 2.09. The molecule has 2 N–H and O–H groups in total. The first-order valence-electron chi connectivity index (χ1n) is 8.14. The van der Waals surface area contributed by atoms with E-state index in [1.165, 1.54) is 20.3 Å². The Bertz CT molecular complexity index is 779. The lowest BCUT2D eigenvalue weighted by Gasteiger charge is -2.09. The zero-order valence-corrected chi connectivity index (χ0v) is 14.8. The number of carbonyl (C=O) groups is 1. The van der Waals surface area contributed by atoms with Crippen LogP contribution in [0.3, 0.4) is 0 Å². The third-order valence-electron chi connectivity index (χ3n) is 3.78. The minimum absolute atomic E-state index is 0.0172. The zero-order valence-electron chi connectivity index (χ0n) is 14.8. The molecular formula is C21H22O5. The number of ether oxygens (including phenoxy) is 2. The number of rotatable bonds is 8. The highest BCUT2D eigenvalue weighted by molar-refractivity contribution is 5.90. The molecule has 5 heteroatoms. The van der Waals surface area contributed by atoms with Crippen LogP contribution in [0.1, 0.15) is 17.5 Å². The first kappa shape index (κ1) is 19.1. The van der Waals surface area contributed by atoms with E-state index < -0.39 is 0 Å². The monoisotopic (exact) mass is 354 g/mol. The Morgan fingerprint density at radius 2 is 1.62 bits per heavy atom. The molecule has 5 nitrogen and oxygen atoms in total. The van der Waals surface area contributed by atoms with Crippen molar-refractivity contribution in [2.45, 2.75) is 12.8 Å². The van der Waals surface area contributed by atoms with Crippen molar-refractivity contribution in [1.82, 2.24) is 0 Å². The maximum absolute atomic E-state index is 11.9. The number of hydrogen-bond acceptors (Lipinski definition) is 5. The van der Waals surface area contributed by atoms with E-state index in [1.807, 2.05) is 0 Å². The van der Waals surface area contributed by atoms with Crippen LogP contribution in [0.2, 0.25) is 0 Å². The van der Waals surface area contributed by atoms with E-state index >= 15 is 0 Å². The maximum atomic E-state index is 11.9. The molecule has 0 unspecified atom stereocenters. The molecule has 0 radical (unpaired) electrons. The molecule has 26 heavy (non-hydrogen) atoms. The second-order valence-electron chi connectivity index (χ2n) is 5.63. The van der Waals surface area contributed by atoms with Gasteiger partial charge in [0, 0.05) is 6.42 Å². The fourth-order valence-electron chi connectivity index (χ4n) is 2.35. The first-order chi connectivity index (χ1) is 12.5. The molecule has 0 saturated carbocycles. The van der Waals surface area contributed by atoms with Crippen molar-refractivity contribution >= 4 is 11.9 Å². The summed E-state index contributed by atoms with van der Waals surface area (Å²) in [5.74, 6) is 0.819. The molecule has 0 saturated heterocycles. The molecule has 136 valence electrons. The molecule has 2 aromatic carbocycles. The van der Waals surface area contributed by atoms with Crippen LogP contribution in [-0.4, -0.2) is 30.2 Å². The zero-order chi connectivity index (χ0) is 18.9. The van der Waals surface area contributed by atoms with Crippen LogP contribution in [0, 0.1) is 0 Å². The third-order valence-corrected chi connectivity index (χ3v) is 3.78. The number of aryl methyl sites for hydroxylation is 1. The van der Waals surface area contributed by atoms with Crippen LogP contribution in [0.4, 0.5) is 0 Å². The lowest BCUT2D eigenvalue weighted by atomic mass is 10.1. The summed E-state index contributed by atoms with van der Waals surface area (Å²) in [5.41, 5.74) is 1.78. The SMILES string of the molecule is COc1cc(C=CC=CC(=O)CCc2ccc(O)cc2)cc(OC)c1O. The molecule has 0 amide bonds. The van der Waals surface area contributed by atoms with E-state index in [-0.39, 0.29) is 17.3 Å². The third kappa shape index (κ3) is 5.41. The Balaban J connectivity index is 1.92. The van der Waals surface area contributed by atoms with Gasteiger partial charge in [-0.05, 0) is 47.9 Å². The van der Waals surface area contributed by atoms with Gasteiger partial charge in [0.2, 0.25) is 5.75 Å². The Labute approximate surface area is 152 Å². The average Bonchev–Trinajstić information content (AvgIpc) is 2.65. The Hall–Kier alpha value is -3.21. The number of phenols is 2.